The van der Waals surface area contributed by atoms with E-state index in [1.165, 1.54) is 0 Å². The fourth-order valence-electron chi connectivity index (χ4n) is 2.32. The Balaban J connectivity index is 1.80. The minimum atomic E-state index is -3.73. The van der Waals surface area contributed by atoms with Gasteiger partial charge in [-0.2, -0.15) is 8.42 Å². The van der Waals surface area contributed by atoms with Crippen molar-refractivity contribution in [2.24, 2.45) is 0 Å². The van der Waals surface area contributed by atoms with E-state index >= 15 is 0 Å². The molecule has 0 N–H and O–H groups in total. The van der Waals surface area contributed by atoms with Crippen molar-refractivity contribution in [3.8, 4) is 0 Å². The second kappa shape index (κ2) is 4.70. The molecule has 19 heavy (non-hydrogen) atoms. The van der Waals surface area contributed by atoms with E-state index in [1.807, 2.05) is 13.0 Å². The number of benzene rings is 1. The lowest BCUT2D eigenvalue weighted by Gasteiger charge is -2.18. The Morgan fingerprint density at radius 1 is 1.32 bits per heavy atom. The van der Waals surface area contributed by atoms with Crippen LogP contribution in [0.2, 0.25) is 0 Å². The van der Waals surface area contributed by atoms with E-state index in [0.29, 0.717) is 6.42 Å². The van der Waals surface area contributed by atoms with Gasteiger partial charge in [0.25, 0.3) is 10.1 Å². The molecule has 3 rings (SSSR count). The highest BCUT2D eigenvalue weighted by atomic mass is 79.9. The van der Waals surface area contributed by atoms with E-state index in [-0.39, 0.29) is 17.1 Å². The number of hydrogen-bond acceptors (Lipinski definition) is 4. The van der Waals surface area contributed by atoms with Crippen LogP contribution >= 0.6 is 15.9 Å². The molecule has 0 unspecified atom stereocenters. The number of rotatable bonds is 3. The number of halogens is 1. The maximum Gasteiger partial charge on any atom is 0.297 e. The Morgan fingerprint density at radius 3 is 2.58 bits per heavy atom. The standard InChI is InChI=1S/C13H13BrO4S/c1-8-2-4-10(5-3-8)19(15,16)18-12-7-9-6-11(14)13(12)17-9/h2-6,9,12-13H,7H2,1H3/t9-,12+,13+/m1/s1. The third-order valence-corrected chi connectivity index (χ3v) is 5.37. The van der Waals surface area contributed by atoms with Crippen molar-refractivity contribution in [2.75, 3.05) is 0 Å². The Bertz CT molecular complexity index is 621. The molecule has 1 saturated heterocycles. The summed E-state index contributed by atoms with van der Waals surface area (Å²) in [4.78, 5) is 0.181. The van der Waals surface area contributed by atoms with Gasteiger partial charge in [0, 0.05) is 10.9 Å². The van der Waals surface area contributed by atoms with Crippen LogP contribution in [0.3, 0.4) is 0 Å². The molecule has 2 heterocycles. The Labute approximate surface area is 120 Å². The molecular formula is C13H13BrO4S. The van der Waals surface area contributed by atoms with Crippen LogP contribution < -0.4 is 0 Å². The van der Waals surface area contributed by atoms with Crippen molar-refractivity contribution in [1.82, 2.24) is 0 Å². The molecule has 0 spiro atoms. The molecular weight excluding hydrogens is 332 g/mol. The lowest BCUT2D eigenvalue weighted by atomic mass is 10.1. The van der Waals surface area contributed by atoms with Gasteiger partial charge in [-0.15, -0.1) is 0 Å². The zero-order chi connectivity index (χ0) is 13.6. The highest BCUT2D eigenvalue weighted by Gasteiger charge is 2.44. The van der Waals surface area contributed by atoms with Crippen molar-refractivity contribution in [3.05, 3.63) is 40.4 Å². The fraction of sp³-hybridized carbons (Fsp3) is 0.385. The van der Waals surface area contributed by atoms with E-state index in [0.717, 1.165) is 10.0 Å². The molecule has 3 atom stereocenters. The second-order valence-electron chi connectivity index (χ2n) is 4.78. The van der Waals surface area contributed by atoms with E-state index in [2.05, 4.69) is 15.9 Å². The molecule has 1 fully saturated rings. The maximum absolute atomic E-state index is 12.2. The average Bonchev–Trinajstić information content (AvgIpc) is 2.87. The summed E-state index contributed by atoms with van der Waals surface area (Å²) >= 11 is 3.37. The Morgan fingerprint density at radius 2 is 2.00 bits per heavy atom. The van der Waals surface area contributed by atoms with Crippen LogP contribution in [-0.2, 0) is 19.0 Å². The largest absolute Gasteiger partial charge is 0.363 e. The smallest absolute Gasteiger partial charge is 0.297 e. The van der Waals surface area contributed by atoms with Gasteiger partial charge in [0.15, 0.2) is 0 Å². The van der Waals surface area contributed by atoms with Crippen LogP contribution in [-0.4, -0.2) is 26.7 Å². The summed E-state index contributed by atoms with van der Waals surface area (Å²) in [7, 11) is -3.73. The van der Waals surface area contributed by atoms with Gasteiger partial charge in [0.2, 0.25) is 0 Å². The fourth-order valence-corrected chi connectivity index (χ4v) is 4.10. The molecule has 0 radical (unpaired) electrons. The molecule has 1 aromatic carbocycles. The molecule has 0 amide bonds. The molecule has 0 saturated carbocycles. The molecule has 6 heteroatoms. The zero-order valence-electron chi connectivity index (χ0n) is 10.2. The highest BCUT2D eigenvalue weighted by molar-refractivity contribution is 9.11. The van der Waals surface area contributed by atoms with E-state index < -0.39 is 16.2 Å². The van der Waals surface area contributed by atoms with E-state index in [1.54, 1.807) is 24.3 Å². The van der Waals surface area contributed by atoms with Crippen LogP contribution in [0.25, 0.3) is 0 Å². The predicted molar refractivity (Wildman–Crippen MR) is 73.5 cm³/mol. The summed E-state index contributed by atoms with van der Waals surface area (Å²) in [5, 5.41) is 0. The number of ether oxygens (including phenoxy) is 1. The summed E-state index contributed by atoms with van der Waals surface area (Å²) in [6.45, 7) is 1.91. The summed E-state index contributed by atoms with van der Waals surface area (Å²) in [5.41, 5.74) is 1.01. The first-order chi connectivity index (χ1) is 8.95. The molecule has 1 aromatic rings. The summed E-state index contributed by atoms with van der Waals surface area (Å²) < 4.78 is 36.1. The monoisotopic (exact) mass is 344 g/mol. The summed E-state index contributed by atoms with van der Waals surface area (Å²) in [6, 6.07) is 6.62. The minimum Gasteiger partial charge on any atom is -0.363 e. The third-order valence-electron chi connectivity index (χ3n) is 3.30. The van der Waals surface area contributed by atoms with Crippen LogP contribution in [0.15, 0.2) is 39.7 Å². The Kier molecular flexibility index (Phi) is 3.29. The van der Waals surface area contributed by atoms with Gasteiger partial charge in [-0.25, -0.2) is 0 Å². The second-order valence-corrected chi connectivity index (χ2v) is 7.27. The number of hydrogen-bond donors (Lipinski definition) is 0. The van der Waals surface area contributed by atoms with Crippen LogP contribution in [0.1, 0.15) is 12.0 Å². The van der Waals surface area contributed by atoms with Gasteiger partial charge in [-0.05, 0) is 25.1 Å². The summed E-state index contributed by atoms with van der Waals surface area (Å²) in [5.74, 6) is 0. The van der Waals surface area contributed by atoms with Crippen LogP contribution in [0, 0.1) is 6.92 Å². The SMILES string of the molecule is Cc1ccc(S(=O)(=O)O[C@H]2C[C@H]3C=C(Br)[C@@H]2O3)cc1. The minimum absolute atomic E-state index is 0.0439. The topological polar surface area (TPSA) is 52.6 Å². The van der Waals surface area contributed by atoms with Crippen molar-refractivity contribution >= 4 is 26.0 Å². The first kappa shape index (κ1) is 13.3. The van der Waals surface area contributed by atoms with Gasteiger partial charge in [-0.3, -0.25) is 4.18 Å². The molecule has 2 bridgehead atoms. The molecule has 102 valence electrons. The molecule has 0 aliphatic carbocycles. The van der Waals surface area contributed by atoms with Gasteiger partial charge in [0.1, 0.15) is 12.2 Å². The normalized spacial score (nSPS) is 29.6. The molecule has 4 nitrogen and oxygen atoms in total. The van der Waals surface area contributed by atoms with Crippen molar-refractivity contribution in [1.29, 1.82) is 0 Å². The first-order valence-electron chi connectivity index (χ1n) is 5.98. The highest BCUT2D eigenvalue weighted by Crippen LogP contribution is 2.39. The van der Waals surface area contributed by atoms with Crippen molar-refractivity contribution in [2.45, 2.75) is 36.6 Å². The Hall–Kier alpha value is -0.690. The van der Waals surface area contributed by atoms with Gasteiger partial charge in [0.05, 0.1) is 11.0 Å². The van der Waals surface area contributed by atoms with Crippen LogP contribution in [0.5, 0.6) is 0 Å². The molecule has 2 aliphatic heterocycles. The maximum atomic E-state index is 12.2. The van der Waals surface area contributed by atoms with Gasteiger partial charge >= 0.3 is 0 Å². The zero-order valence-corrected chi connectivity index (χ0v) is 12.6. The summed E-state index contributed by atoms with van der Waals surface area (Å²) in [6.07, 6.45) is 1.73. The van der Waals surface area contributed by atoms with Crippen molar-refractivity contribution in [3.63, 3.8) is 0 Å². The molecule has 0 aromatic heterocycles. The van der Waals surface area contributed by atoms with Gasteiger partial charge in [-0.1, -0.05) is 33.6 Å². The third kappa shape index (κ3) is 2.50. The van der Waals surface area contributed by atoms with Gasteiger partial charge < -0.3 is 4.74 Å². The number of aryl methyl sites for hydroxylation is 1. The molecule has 2 aliphatic rings. The van der Waals surface area contributed by atoms with E-state index in [4.69, 9.17) is 8.92 Å². The van der Waals surface area contributed by atoms with Crippen molar-refractivity contribution < 1.29 is 17.3 Å². The lowest BCUT2D eigenvalue weighted by Crippen LogP contribution is -2.28. The lowest BCUT2D eigenvalue weighted by molar-refractivity contribution is 0.0809. The van der Waals surface area contributed by atoms with E-state index in [9.17, 15) is 8.42 Å². The number of fused-ring (bicyclic) bond motifs is 2. The average molecular weight is 345 g/mol. The first-order valence-corrected chi connectivity index (χ1v) is 8.18. The van der Waals surface area contributed by atoms with Crippen LogP contribution in [0.4, 0.5) is 0 Å². The predicted octanol–water partition coefficient (Wildman–Crippen LogP) is 2.52. The quantitative estimate of drug-likeness (QED) is 0.790.